The number of rotatable bonds is 6. The molecule has 0 amide bonds. The van der Waals surface area contributed by atoms with Crippen LogP contribution >= 0.6 is 0 Å². The van der Waals surface area contributed by atoms with Crippen molar-refractivity contribution in [2.45, 2.75) is 6.54 Å². The molecule has 2 rings (SSSR count). The van der Waals surface area contributed by atoms with E-state index in [2.05, 4.69) is 9.97 Å². The summed E-state index contributed by atoms with van der Waals surface area (Å²) in [6.45, 7) is 0.536. The van der Waals surface area contributed by atoms with E-state index in [0.717, 1.165) is 5.56 Å². The summed E-state index contributed by atoms with van der Waals surface area (Å²) in [5, 5.41) is 8.82. The Balaban J connectivity index is 2.17. The van der Waals surface area contributed by atoms with Crippen LogP contribution in [-0.2, 0) is 6.54 Å². The zero-order chi connectivity index (χ0) is 16.1. The predicted octanol–water partition coefficient (Wildman–Crippen LogP) is 1.83. The number of aromatic carboxylic acids is 1. The molecule has 0 saturated carbocycles. The van der Waals surface area contributed by atoms with E-state index in [9.17, 15) is 4.79 Å². The molecular formula is C15H17N3O4. The molecule has 22 heavy (non-hydrogen) atoms. The molecule has 116 valence electrons. The molecule has 7 nitrogen and oxygen atoms in total. The van der Waals surface area contributed by atoms with Gasteiger partial charge in [0, 0.05) is 25.2 Å². The number of benzene rings is 1. The van der Waals surface area contributed by atoms with E-state index < -0.39 is 5.97 Å². The first kappa shape index (κ1) is 15.6. The second kappa shape index (κ2) is 6.75. The van der Waals surface area contributed by atoms with Gasteiger partial charge in [0.1, 0.15) is 17.3 Å². The molecule has 1 aromatic heterocycles. The summed E-state index contributed by atoms with van der Waals surface area (Å²) in [6.07, 6.45) is 2.67. The van der Waals surface area contributed by atoms with Crippen molar-refractivity contribution in [2.75, 3.05) is 26.2 Å². The van der Waals surface area contributed by atoms with Crippen LogP contribution in [0.1, 0.15) is 16.1 Å². The molecule has 1 heterocycles. The summed E-state index contributed by atoms with van der Waals surface area (Å²) >= 11 is 0. The third-order valence-corrected chi connectivity index (χ3v) is 3.15. The molecule has 1 aromatic carbocycles. The number of carboxylic acids is 1. The highest BCUT2D eigenvalue weighted by atomic mass is 16.5. The van der Waals surface area contributed by atoms with Gasteiger partial charge in [0.05, 0.1) is 26.6 Å². The van der Waals surface area contributed by atoms with Gasteiger partial charge in [-0.2, -0.15) is 0 Å². The number of nitrogens with zero attached hydrogens (tertiary/aromatic N) is 3. The van der Waals surface area contributed by atoms with Gasteiger partial charge in [0.2, 0.25) is 0 Å². The van der Waals surface area contributed by atoms with Crippen LogP contribution in [0.3, 0.4) is 0 Å². The minimum absolute atomic E-state index is 0.0841. The van der Waals surface area contributed by atoms with E-state index in [4.69, 9.17) is 14.6 Å². The Morgan fingerprint density at radius 1 is 1.23 bits per heavy atom. The molecule has 0 aliphatic rings. The highest BCUT2D eigenvalue weighted by Gasteiger charge is 2.11. The summed E-state index contributed by atoms with van der Waals surface area (Å²) in [4.78, 5) is 20.6. The van der Waals surface area contributed by atoms with Crippen LogP contribution in [0.5, 0.6) is 11.5 Å². The highest BCUT2D eigenvalue weighted by Crippen LogP contribution is 2.26. The lowest BCUT2D eigenvalue weighted by atomic mass is 10.2. The molecule has 0 unspecified atom stereocenters. The van der Waals surface area contributed by atoms with Gasteiger partial charge in [-0.25, -0.2) is 14.8 Å². The molecular weight excluding hydrogens is 286 g/mol. The van der Waals surface area contributed by atoms with E-state index in [1.807, 2.05) is 30.1 Å². The van der Waals surface area contributed by atoms with Gasteiger partial charge in [0.25, 0.3) is 0 Å². The molecule has 1 N–H and O–H groups in total. The predicted molar refractivity (Wildman–Crippen MR) is 80.6 cm³/mol. The summed E-state index contributed by atoms with van der Waals surface area (Å²) in [6, 6.07) is 5.57. The Labute approximate surface area is 128 Å². The lowest BCUT2D eigenvalue weighted by Crippen LogP contribution is -2.19. The second-order valence-corrected chi connectivity index (χ2v) is 4.60. The molecule has 0 fully saturated rings. The molecule has 0 atom stereocenters. The normalized spacial score (nSPS) is 10.1. The van der Waals surface area contributed by atoms with Gasteiger partial charge in [0.15, 0.2) is 5.69 Å². The van der Waals surface area contributed by atoms with Gasteiger partial charge in [-0.05, 0) is 12.1 Å². The SMILES string of the molecule is COc1ccc(CN(C)c2cnc(C(=O)O)cn2)c(OC)c1. The molecule has 7 heteroatoms. The zero-order valence-electron chi connectivity index (χ0n) is 12.6. The summed E-state index contributed by atoms with van der Waals surface area (Å²) in [5.74, 6) is 0.900. The fourth-order valence-corrected chi connectivity index (χ4v) is 1.95. The number of ether oxygens (including phenoxy) is 2. The monoisotopic (exact) mass is 303 g/mol. The Morgan fingerprint density at radius 3 is 2.55 bits per heavy atom. The minimum atomic E-state index is -1.10. The maximum absolute atomic E-state index is 10.8. The number of hydrogen-bond acceptors (Lipinski definition) is 6. The van der Waals surface area contributed by atoms with Gasteiger partial charge in [-0.1, -0.05) is 0 Å². The first-order valence-electron chi connectivity index (χ1n) is 6.52. The fourth-order valence-electron chi connectivity index (χ4n) is 1.95. The molecule has 0 aliphatic heterocycles. The van der Waals surface area contributed by atoms with Crippen molar-refractivity contribution in [1.82, 2.24) is 9.97 Å². The first-order valence-corrected chi connectivity index (χ1v) is 6.52. The van der Waals surface area contributed by atoms with Crippen LogP contribution < -0.4 is 14.4 Å². The third kappa shape index (κ3) is 3.43. The van der Waals surface area contributed by atoms with Crippen LogP contribution in [0.4, 0.5) is 5.82 Å². The smallest absolute Gasteiger partial charge is 0.356 e. The third-order valence-electron chi connectivity index (χ3n) is 3.15. The Hall–Kier alpha value is -2.83. The number of hydrogen-bond donors (Lipinski definition) is 1. The van der Waals surface area contributed by atoms with Crippen LogP contribution in [0.25, 0.3) is 0 Å². The maximum Gasteiger partial charge on any atom is 0.356 e. The molecule has 0 bridgehead atoms. The van der Waals surface area contributed by atoms with Crippen molar-refractivity contribution >= 4 is 11.8 Å². The largest absolute Gasteiger partial charge is 0.497 e. The summed E-state index contributed by atoms with van der Waals surface area (Å²) in [7, 11) is 5.04. The molecule has 2 aromatic rings. The quantitative estimate of drug-likeness (QED) is 0.871. The topological polar surface area (TPSA) is 84.8 Å². The van der Waals surface area contributed by atoms with Crippen molar-refractivity contribution in [1.29, 1.82) is 0 Å². The molecule has 0 aliphatic carbocycles. The van der Waals surface area contributed by atoms with Crippen LogP contribution in [0.15, 0.2) is 30.6 Å². The van der Waals surface area contributed by atoms with E-state index in [-0.39, 0.29) is 5.69 Å². The van der Waals surface area contributed by atoms with E-state index in [1.54, 1.807) is 14.2 Å². The minimum Gasteiger partial charge on any atom is -0.497 e. The molecule has 0 spiro atoms. The van der Waals surface area contributed by atoms with Gasteiger partial charge < -0.3 is 19.5 Å². The summed E-state index contributed by atoms with van der Waals surface area (Å²) in [5.41, 5.74) is 0.870. The van der Waals surface area contributed by atoms with Crippen LogP contribution in [-0.4, -0.2) is 42.3 Å². The van der Waals surface area contributed by atoms with Crippen molar-refractivity contribution in [3.05, 3.63) is 41.9 Å². The number of methoxy groups -OCH3 is 2. The van der Waals surface area contributed by atoms with Gasteiger partial charge >= 0.3 is 5.97 Å². The Bertz CT molecular complexity index is 658. The number of anilines is 1. The average molecular weight is 303 g/mol. The van der Waals surface area contributed by atoms with E-state index >= 15 is 0 Å². The number of aromatic nitrogens is 2. The van der Waals surface area contributed by atoms with Crippen molar-refractivity contribution in [2.24, 2.45) is 0 Å². The van der Waals surface area contributed by atoms with Crippen molar-refractivity contribution in [3.8, 4) is 11.5 Å². The molecule has 0 radical (unpaired) electrons. The Kier molecular flexibility index (Phi) is 4.77. The average Bonchev–Trinajstić information content (AvgIpc) is 2.55. The standard InChI is InChI=1S/C15H17N3O4/c1-18(14-8-16-12(7-17-14)15(19)20)9-10-4-5-11(21-2)6-13(10)22-3/h4-8H,9H2,1-3H3,(H,19,20). The molecule has 0 saturated heterocycles. The second-order valence-electron chi connectivity index (χ2n) is 4.60. The maximum atomic E-state index is 10.8. The Morgan fingerprint density at radius 2 is 2.00 bits per heavy atom. The lowest BCUT2D eigenvalue weighted by molar-refractivity contribution is 0.0690. The number of carboxylic acid groups (broad SMARTS) is 1. The highest BCUT2D eigenvalue weighted by molar-refractivity contribution is 5.84. The zero-order valence-corrected chi connectivity index (χ0v) is 12.6. The summed E-state index contributed by atoms with van der Waals surface area (Å²) < 4.78 is 10.5. The van der Waals surface area contributed by atoms with Crippen molar-refractivity contribution < 1.29 is 19.4 Å². The van der Waals surface area contributed by atoms with Crippen LogP contribution in [0.2, 0.25) is 0 Å². The first-order chi connectivity index (χ1) is 10.5. The van der Waals surface area contributed by atoms with E-state index in [1.165, 1.54) is 12.4 Å². The van der Waals surface area contributed by atoms with Gasteiger partial charge in [-0.3, -0.25) is 0 Å². The number of carbonyl (C=O) groups is 1. The lowest BCUT2D eigenvalue weighted by Gasteiger charge is -2.19. The van der Waals surface area contributed by atoms with Crippen molar-refractivity contribution in [3.63, 3.8) is 0 Å². The fraction of sp³-hybridized carbons (Fsp3) is 0.267. The van der Waals surface area contributed by atoms with Gasteiger partial charge in [-0.15, -0.1) is 0 Å². The van der Waals surface area contributed by atoms with Crippen LogP contribution in [0, 0.1) is 0 Å². The van der Waals surface area contributed by atoms with E-state index in [0.29, 0.717) is 23.9 Å².